The molecule has 0 unspecified atom stereocenters. The molecule has 0 bridgehead atoms. The second-order valence-electron chi connectivity index (χ2n) is 9.14. The van der Waals surface area contributed by atoms with Gasteiger partial charge in [-0.3, -0.25) is 4.79 Å². The highest BCUT2D eigenvalue weighted by molar-refractivity contribution is 6.33. The number of carbonyl (C=O) groups is 1. The summed E-state index contributed by atoms with van der Waals surface area (Å²) in [5, 5.41) is 11.4. The molecule has 4 heterocycles. The minimum Gasteiger partial charge on any atom is -0.377 e. The summed E-state index contributed by atoms with van der Waals surface area (Å²) in [7, 11) is 0. The molecule has 1 amide bonds. The maximum atomic E-state index is 12.0. The third-order valence-corrected chi connectivity index (χ3v) is 6.80. The van der Waals surface area contributed by atoms with Gasteiger partial charge in [-0.2, -0.15) is 0 Å². The lowest BCUT2D eigenvalue weighted by atomic mass is 9.86. The largest absolute Gasteiger partial charge is 0.377 e. The fourth-order valence-electron chi connectivity index (χ4n) is 4.48. The molecule has 0 radical (unpaired) electrons. The number of hydrogen-bond acceptors (Lipinski definition) is 7. The number of carbonyl (C=O) groups excluding carboxylic acids is 1. The molecule has 2 fully saturated rings. The van der Waals surface area contributed by atoms with Gasteiger partial charge in [-0.15, -0.1) is 0 Å². The van der Waals surface area contributed by atoms with Crippen LogP contribution < -0.4 is 16.0 Å². The van der Waals surface area contributed by atoms with Gasteiger partial charge in [-0.1, -0.05) is 17.7 Å². The van der Waals surface area contributed by atoms with E-state index in [9.17, 15) is 4.79 Å². The summed E-state index contributed by atoms with van der Waals surface area (Å²) in [6.45, 7) is 2.12. The van der Waals surface area contributed by atoms with Crippen LogP contribution in [0.25, 0.3) is 10.9 Å². The number of rotatable bonds is 8. The molecule has 2 aliphatic rings. The molecular formula is C25H29ClN6O2. The van der Waals surface area contributed by atoms with Crippen LogP contribution in [0.2, 0.25) is 5.15 Å². The van der Waals surface area contributed by atoms with Gasteiger partial charge in [0.05, 0.1) is 25.7 Å². The molecule has 8 nitrogen and oxygen atoms in total. The molecule has 0 spiro atoms. The predicted octanol–water partition coefficient (Wildman–Crippen LogP) is 3.82. The summed E-state index contributed by atoms with van der Waals surface area (Å²) < 4.78 is 5.08. The Labute approximate surface area is 203 Å². The van der Waals surface area contributed by atoms with Gasteiger partial charge in [-0.05, 0) is 61.4 Å². The van der Waals surface area contributed by atoms with Crippen molar-refractivity contribution in [3.05, 3.63) is 53.4 Å². The lowest BCUT2D eigenvalue weighted by Crippen LogP contribution is -2.49. The van der Waals surface area contributed by atoms with E-state index in [0.29, 0.717) is 36.7 Å². The van der Waals surface area contributed by atoms with Crippen LogP contribution in [0.5, 0.6) is 0 Å². The van der Waals surface area contributed by atoms with Crippen molar-refractivity contribution in [2.75, 3.05) is 30.4 Å². The standard InChI is InChI=1S/C25H29ClN6O2/c26-25-24-18(9-10-27-25)4-8-22(32-24)30-19-5-1-16(2-6-19)12-28-21-7-3-17(13-29-21)11-23(33)31-20-14-34-15-20/h3-4,7-10,13,16,19-20H,1-2,5-6,11-12,14-15H2,(H,28,29)(H,30,32)(H,31,33). The summed E-state index contributed by atoms with van der Waals surface area (Å²) in [6.07, 6.45) is 8.30. The third kappa shape index (κ3) is 5.74. The van der Waals surface area contributed by atoms with Gasteiger partial charge >= 0.3 is 0 Å². The molecule has 1 saturated carbocycles. The van der Waals surface area contributed by atoms with E-state index in [-0.39, 0.29) is 11.9 Å². The van der Waals surface area contributed by atoms with Crippen molar-refractivity contribution in [2.24, 2.45) is 5.92 Å². The van der Waals surface area contributed by atoms with Gasteiger partial charge in [0.15, 0.2) is 5.15 Å². The second kappa shape index (κ2) is 10.5. The minimum absolute atomic E-state index is 0.0137. The molecule has 1 aliphatic carbocycles. The molecular weight excluding hydrogens is 452 g/mol. The molecule has 3 aromatic rings. The zero-order valence-electron chi connectivity index (χ0n) is 19.0. The van der Waals surface area contributed by atoms with E-state index in [1.807, 2.05) is 30.3 Å². The first-order valence-corrected chi connectivity index (χ1v) is 12.2. The third-order valence-electron chi connectivity index (χ3n) is 6.53. The van der Waals surface area contributed by atoms with E-state index >= 15 is 0 Å². The van der Waals surface area contributed by atoms with E-state index < -0.39 is 0 Å². The molecule has 1 aliphatic heterocycles. The fraction of sp³-hybridized carbons (Fsp3) is 0.440. The van der Waals surface area contributed by atoms with Crippen molar-refractivity contribution < 1.29 is 9.53 Å². The fourth-order valence-corrected chi connectivity index (χ4v) is 4.69. The average Bonchev–Trinajstić information content (AvgIpc) is 2.82. The molecule has 9 heteroatoms. The molecule has 178 valence electrons. The van der Waals surface area contributed by atoms with Crippen LogP contribution in [-0.4, -0.2) is 52.7 Å². The van der Waals surface area contributed by atoms with E-state index in [0.717, 1.165) is 60.3 Å². The Hall–Kier alpha value is -2.97. The number of fused-ring (bicyclic) bond motifs is 1. The zero-order valence-corrected chi connectivity index (χ0v) is 19.7. The van der Waals surface area contributed by atoms with E-state index in [4.69, 9.17) is 16.3 Å². The van der Waals surface area contributed by atoms with Crippen LogP contribution in [-0.2, 0) is 16.0 Å². The number of hydrogen-bond donors (Lipinski definition) is 3. The van der Waals surface area contributed by atoms with Gasteiger partial charge in [-0.25, -0.2) is 15.0 Å². The van der Waals surface area contributed by atoms with Gasteiger partial charge in [0.1, 0.15) is 17.2 Å². The van der Waals surface area contributed by atoms with Crippen molar-refractivity contribution in [3.63, 3.8) is 0 Å². The van der Waals surface area contributed by atoms with E-state index in [2.05, 4.69) is 30.9 Å². The van der Waals surface area contributed by atoms with Gasteiger partial charge < -0.3 is 20.7 Å². The van der Waals surface area contributed by atoms with Crippen molar-refractivity contribution in [2.45, 2.75) is 44.2 Å². The van der Waals surface area contributed by atoms with Crippen LogP contribution >= 0.6 is 11.6 Å². The highest BCUT2D eigenvalue weighted by Crippen LogP contribution is 2.28. The van der Waals surface area contributed by atoms with Crippen LogP contribution in [0.15, 0.2) is 42.7 Å². The first-order chi connectivity index (χ1) is 16.6. The number of amides is 1. The quantitative estimate of drug-likeness (QED) is 0.421. The number of nitrogens with one attached hydrogen (secondary N) is 3. The van der Waals surface area contributed by atoms with Crippen LogP contribution in [0, 0.1) is 5.92 Å². The highest BCUT2D eigenvalue weighted by atomic mass is 35.5. The highest BCUT2D eigenvalue weighted by Gasteiger charge is 2.22. The number of nitrogens with zero attached hydrogens (tertiary/aromatic N) is 3. The van der Waals surface area contributed by atoms with Crippen molar-refractivity contribution in [1.82, 2.24) is 20.3 Å². The van der Waals surface area contributed by atoms with Crippen molar-refractivity contribution in [1.29, 1.82) is 0 Å². The van der Waals surface area contributed by atoms with Crippen molar-refractivity contribution in [3.8, 4) is 0 Å². The summed E-state index contributed by atoms with van der Waals surface area (Å²) in [5.74, 6) is 2.32. The Kier molecular flexibility index (Phi) is 7.06. The van der Waals surface area contributed by atoms with Crippen LogP contribution in [0.1, 0.15) is 31.2 Å². The minimum atomic E-state index is 0.0137. The Morgan fingerprint density at radius 3 is 2.56 bits per heavy atom. The van der Waals surface area contributed by atoms with Gasteiger partial charge in [0.2, 0.25) is 5.91 Å². The summed E-state index contributed by atoms with van der Waals surface area (Å²) in [5.41, 5.74) is 1.65. The molecule has 34 heavy (non-hydrogen) atoms. The summed E-state index contributed by atoms with van der Waals surface area (Å²) in [6, 6.07) is 10.4. The van der Waals surface area contributed by atoms with Crippen LogP contribution in [0.3, 0.4) is 0 Å². The maximum absolute atomic E-state index is 12.0. The lowest BCUT2D eigenvalue weighted by molar-refractivity contribution is -0.124. The van der Waals surface area contributed by atoms with E-state index in [1.54, 1.807) is 12.4 Å². The maximum Gasteiger partial charge on any atom is 0.224 e. The topological polar surface area (TPSA) is 101 Å². The molecule has 1 saturated heterocycles. The second-order valence-corrected chi connectivity index (χ2v) is 9.50. The predicted molar refractivity (Wildman–Crippen MR) is 133 cm³/mol. The summed E-state index contributed by atoms with van der Waals surface area (Å²) >= 11 is 6.20. The normalized spacial score (nSPS) is 20.5. The smallest absolute Gasteiger partial charge is 0.224 e. The van der Waals surface area contributed by atoms with E-state index in [1.165, 1.54) is 0 Å². The number of ether oxygens (including phenoxy) is 1. The number of halogens is 1. The van der Waals surface area contributed by atoms with Gasteiger partial charge in [0.25, 0.3) is 0 Å². The Bertz CT molecular complexity index is 1130. The number of anilines is 2. The average molecular weight is 481 g/mol. The molecule has 3 aromatic heterocycles. The first kappa shape index (κ1) is 22.8. The molecule has 3 N–H and O–H groups in total. The number of pyridine rings is 3. The van der Waals surface area contributed by atoms with Crippen LogP contribution in [0.4, 0.5) is 11.6 Å². The Morgan fingerprint density at radius 1 is 1.00 bits per heavy atom. The first-order valence-electron chi connectivity index (χ1n) is 11.9. The molecule has 5 rings (SSSR count). The summed E-state index contributed by atoms with van der Waals surface area (Å²) in [4.78, 5) is 25.3. The Morgan fingerprint density at radius 2 is 1.82 bits per heavy atom. The monoisotopic (exact) mass is 480 g/mol. The van der Waals surface area contributed by atoms with Crippen molar-refractivity contribution >= 4 is 40.0 Å². The Balaban J connectivity index is 1.05. The molecule has 0 atom stereocenters. The zero-order chi connectivity index (χ0) is 23.3. The SMILES string of the molecule is O=C(Cc1ccc(NCC2CCC(Nc3ccc4ccnc(Cl)c4n3)CC2)nc1)NC1COC1. The molecule has 0 aromatic carbocycles. The lowest BCUT2D eigenvalue weighted by Gasteiger charge is -2.29. The number of aromatic nitrogens is 3. The van der Waals surface area contributed by atoms with Gasteiger partial charge in [0, 0.05) is 30.4 Å².